The van der Waals surface area contributed by atoms with E-state index < -0.39 is 0 Å². The number of aliphatic hydroxyl groups excluding tert-OH is 1. The van der Waals surface area contributed by atoms with Gasteiger partial charge < -0.3 is 10.4 Å². The standard InChI is InChI=1S/C9H10Br2N2O/c10-5-1-8(11)9(12-4-5)13-6-2-7(14)3-6/h1,4,6-7,14H,2-3H2,(H,12,13). The number of rotatable bonds is 2. The third-order valence-electron chi connectivity index (χ3n) is 2.26. The lowest BCUT2D eigenvalue weighted by atomic mass is 9.89. The zero-order valence-electron chi connectivity index (χ0n) is 7.37. The number of nitrogens with one attached hydrogen (secondary N) is 1. The molecule has 1 aliphatic rings. The molecule has 0 aromatic carbocycles. The molecule has 1 aromatic heterocycles. The highest BCUT2D eigenvalue weighted by atomic mass is 79.9. The van der Waals surface area contributed by atoms with E-state index >= 15 is 0 Å². The zero-order valence-corrected chi connectivity index (χ0v) is 10.5. The van der Waals surface area contributed by atoms with Crippen LogP contribution in [0.4, 0.5) is 5.82 Å². The summed E-state index contributed by atoms with van der Waals surface area (Å²) in [4.78, 5) is 4.24. The molecule has 2 rings (SSSR count). The number of aromatic nitrogens is 1. The fourth-order valence-corrected chi connectivity index (χ4v) is 2.52. The predicted octanol–water partition coefficient (Wildman–Crippen LogP) is 2.54. The molecule has 1 heterocycles. The van der Waals surface area contributed by atoms with Crippen molar-refractivity contribution >= 4 is 37.7 Å². The lowest BCUT2D eigenvalue weighted by molar-refractivity contribution is 0.0835. The third kappa shape index (κ3) is 2.27. The van der Waals surface area contributed by atoms with Crippen LogP contribution in [0.2, 0.25) is 0 Å². The molecule has 1 fully saturated rings. The summed E-state index contributed by atoms with van der Waals surface area (Å²) in [7, 11) is 0. The van der Waals surface area contributed by atoms with E-state index in [0.717, 1.165) is 27.6 Å². The van der Waals surface area contributed by atoms with Crippen LogP contribution in [0.1, 0.15) is 12.8 Å². The van der Waals surface area contributed by atoms with Crippen LogP contribution in [0.25, 0.3) is 0 Å². The molecule has 14 heavy (non-hydrogen) atoms. The number of pyridine rings is 1. The van der Waals surface area contributed by atoms with Gasteiger partial charge in [0.2, 0.25) is 0 Å². The van der Waals surface area contributed by atoms with Crippen molar-refractivity contribution < 1.29 is 5.11 Å². The molecule has 0 bridgehead atoms. The smallest absolute Gasteiger partial charge is 0.140 e. The minimum atomic E-state index is -0.137. The van der Waals surface area contributed by atoms with E-state index in [1.165, 1.54) is 0 Å². The number of halogens is 2. The molecule has 0 saturated heterocycles. The first-order valence-corrected chi connectivity index (χ1v) is 5.99. The topological polar surface area (TPSA) is 45.1 Å². The maximum absolute atomic E-state index is 9.13. The second kappa shape index (κ2) is 4.16. The highest BCUT2D eigenvalue weighted by Crippen LogP contribution is 2.28. The monoisotopic (exact) mass is 320 g/mol. The van der Waals surface area contributed by atoms with Gasteiger partial charge >= 0.3 is 0 Å². The summed E-state index contributed by atoms with van der Waals surface area (Å²) in [5.41, 5.74) is 0. The molecule has 0 unspecified atom stereocenters. The van der Waals surface area contributed by atoms with Crippen molar-refractivity contribution in [1.82, 2.24) is 4.98 Å². The molecule has 0 aliphatic heterocycles. The minimum absolute atomic E-state index is 0.137. The molecule has 0 radical (unpaired) electrons. The first-order valence-electron chi connectivity index (χ1n) is 4.41. The molecule has 76 valence electrons. The van der Waals surface area contributed by atoms with Gasteiger partial charge in [0, 0.05) is 16.7 Å². The Hall–Kier alpha value is -0.130. The van der Waals surface area contributed by atoms with Gasteiger partial charge in [-0.3, -0.25) is 0 Å². The Morgan fingerprint density at radius 3 is 2.71 bits per heavy atom. The lowest BCUT2D eigenvalue weighted by Gasteiger charge is -2.32. The van der Waals surface area contributed by atoms with E-state index in [1.807, 2.05) is 6.07 Å². The van der Waals surface area contributed by atoms with Crippen LogP contribution in [0.15, 0.2) is 21.2 Å². The molecule has 5 heteroatoms. The lowest BCUT2D eigenvalue weighted by Crippen LogP contribution is -2.39. The summed E-state index contributed by atoms with van der Waals surface area (Å²) in [6, 6.07) is 2.31. The van der Waals surface area contributed by atoms with E-state index in [-0.39, 0.29) is 6.10 Å². The number of hydrogen-bond acceptors (Lipinski definition) is 3. The van der Waals surface area contributed by atoms with Crippen molar-refractivity contribution in [2.75, 3.05) is 5.32 Å². The number of nitrogens with zero attached hydrogens (tertiary/aromatic N) is 1. The number of aliphatic hydroxyl groups is 1. The van der Waals surface area contributed by atoms with Crippen LogP contribution in [0.3, 0.4) is 0 Å². The molecule has 0 atom stereocenters. The van der Waals surface area contributed by atoms with Crippen molar-refractivity contribution in [1.29, 1.82) is 0 Å². The van der Waals surface area contributed by atoms with Crippen molar-refractivity contribution in [2.45, 2.75) is 25.0 Å². The van der Waals surface area contributed by atoms with Crippen molar-refractivity contribution in [2.24, 2.45) is 0 Å². The highest BCUT2D eigenvalue weighted by Gasteiger charge is 2.27. The van der Waals surface area contributed by atoms with Gasteiger partial charge in [-0.15, -0.1) is 0 Å². The summed E-state index contributed by atoms with van der Waals surface area (Å²) in [6.45, 7) is 0. The van der Waals surface area contributed by atoms with Gasteiger partial charge in [-0.1, -0.05) is 0 Å². The Bertz CT molecular complexity index is 340. The molecule has 2 N–H and O–H groups in total. The first-order chi connectivity index (χ1) is 6.65. The molecule has 1 saturated carbocycles. The normalized spacial score (nSPS) is 25.6. The molecule has 1 aliphatic carbocycles. The van der Waals surface area contributed by atoms with Gasteiger partial charge in [-0.2, -0.15) is 0 Å². The van der Waals surface area contributed by atoms with Gasteiger partial charge in [0.15, 0.2) is 0 Å². The molecule has 1 aromatic rings. The van der Waals surface area contributed by atoms with Crippen molar-refractivity contribution in [3.63, 3.8) is 0 Å². The largest absolute Gasteiger partial charge is 0.393 e. The summed E-state index contributed by atoms with van der Waals surface area (Å²) in [5.74, 6) is 0.838. The molecular weight excluding hydrogens is 312 g/mol. The van der Waals surface area contributed by atoms with E-state index in [9.17, 15) is 0 Å². The average Bonchev–Trinajstić information content (AvgIpc) is 2.06. The van der Waals surface area contributed by atoms with Crippen LogP contribution in [0, 0.1) is 0 Å². The Kier molecular flexibility index (Phi) is 3.09. The van der Waals surface area contributed by atoms with Crippen LogP contribution in [-0.4, -0.2) is 22.2 Å². The maximum atomic E-state index is 9.13. The quantitative estimate of drug-likeness (QED) is 0.880. The zero-order chi connectivity index (χ0) is 10.1. The molecular formula is C9H10Br2N2O. The maximum Gasteiger partial charge on any atom is 0.140 e. The van der Waals surface area contributed by atoms with E-state index in [2.05, 4.69) is 42.2 Å². The van der Waals surface area contributed by atoms with Gasteiger partial charge in [0.05, 0.1) is 10.6 Å². The predicted molar refractivity (Wildman–Crippen MR) is 62.3 cm³/mol. The average molecular weight is 322 g/mol. The van der Waals surface area contributed by atoms with Crippen LogP contribution in [0.5, 0.6) is 0 Å². The Labute approximate surface area is 99.2 Å². The van der Waals surface area contributed by atoms with Crippen LogP contribution < -0.4 is 5.32 Å². The van der Waals surface area contributed by atoms with Gasteiger partial charge in [0.25, 0.3) is 0 Å². The van der Waals surface area contributed by atoms with E-state index in [4.69, 9.17) is 5.11 Å². The Balaban J connectivity index is 2.02. The summed E-state index contributed by atoms with van der Waals surface area (Å²) in [6.07, 6.45) is 3.23. The second-order valence-corrected chi connectivity index (χ2v) is 5.22. The van der Waals surface area contributed by atoms with E-state index in [0.29, 0.717) is 6.04 Å². The van der Waals surface area contributed by atoms with E-state index in [1.54, 1.807) is 6.20 Å². The fraction of sp³-hybridized carbons (Fsp3) is 0.444. The van der Waals surface area contributed by atoms with Crippen LogP contribution >= 0.6 is 31.9 Å². The molecule has 0 spiro atoms. The fourth-order valence-electron chi connectivity index (χ4n) is 1.42. The first kappa shape index (κ1) is 10.4. The number of hydrogen-bond donors (Lipinski definition) is 2. The molecule has 0 amide bonds. The van der Waals surface area contributed by atoms with Gasteiger partial charge in [0.1, 0.15) is 5.82 Å². The SMILES string of the molecule is OC1CC(Nc2ncc(Br)cc2Br)C1. The summed E-state index contributed by atoms with van der Waals surface area (Å²) in [5, 5.41) is 12.4. The van der Waals surface area contributed by atoms with Gasteiger partial charge in [-0.05, 0) is 50.8 Å². The number of anilines is 1. The second-order valence-electron chi connectivity index (χ2n) is 3.45. The minimum Gasteiger partial charge on any atom is -0.393 e. The summed E-state index contributed by atoms with van der Waals surface area (Å²) >= 11 is 6.77. The molecule has 3 nitrogen and oxygen atoms in total. The Morgan fingerprint density at radius 1 is 1.43 bits per heavy atom. The van der Waals surface area contributed by atoms with Crippen molar-refractivity contribution in [3.8, 4) is 0 Å². The summed E-state index contributed by atoms with van der Waals surface area (Å²) < 4.78 is 1.89. The Morgan fingerprint density at radius 2 is 2.14 bits per heavy atom. The highest BCUT2D eigenvalue weighted by molar-refractivity contribution is 9.11. The van der Waals surface area contributed by atoms with Gasteiger partial charge in [-0.25, -0.2) is 4.98 Å². The van der Waals surface area contributed by atoms with Crippen LogP contribution in [-0.2, 0) is 0 Å². The third-order valence-corrected chi connectivity index (χ3v) is 3.30. The van der Waals surface area contributed by atoms with Crippen molar-refractivity contribution in [3.05, 3.63) is 21.2 Å².